The Morgan fingerprint density at radius 2 is 1.31 bits per heavy atom. The molecule has 0 atom stereocenters. The lowest BCUT2D eigenvalue weighted by Crippen LogP contribution is -1.72. The summed E-state index contributed by atoms with van der Waals surface area (Å²) in [5, 5.41) is 17.0. The zero-order chi connectivity index (χ0) is 19.6. The van der Waals surface area contributed by atoms with Crippen molar-refractivity contribution in [2.24, 2.45) is 0 Å². The fourth-order valence-corrected chi connectivity index (χ4v) is 1.60. The highest BCUT2D eigenvalue weighted by Crippen LogP contribution is 2.05. The molecule has 0 fully saturated rings. The molecule has 0 spiro atoms. The second-order valence-corrected chi connectivity index (χ2v) is 4.65. The molecule has 2 N–H and O–H groups in total. The van der Waals surface area contributed by atoms with Crippen LogP contribution in [0.15, 0.2) is 90.6 Å². The standard InChI is InChI=1S/C10H10.C6H6O.C5H6O2.CH2O/c1-3-9-5-7-10(4-2)8-6-9;7-6-4-2-1-3-5-6;6-4-5-2-1-3-7-5;1-2/h3-8H,1-2H2;1-5,7H;1-3,6H,4H2;1H2. The van der Waals surface area contributed by atoms with E-state index in [0.717, 1.165) is 11.1 Å². The van der Waals surface area contributed by atoms with Gasteiger partial charge in [0.05, 0.1) is 6.26 Å². The van der Waals surface area contributed by atoms with E-state index in [4.69, 9.17) is 19.4 Å². The van der Waals surface area contributed by atoms with Crippen LogP contribution in [0, 0.1) is 0 Å². The lowest BCUT2D eigenvalue weighted by atomic mass is 10.1. The Labute approximate surface area is 154 Å². The summed E-state index contributed by atoms with van der Waals surface area (Å²) in [6, 6.07) is 20.2. The van der Waals surface area contributed by atoms with Gasteiger partial charge in [0.15, 0.2) is 0 Å². The molecule has 0 radical (unpaired) electrons. The molecule has 2 aromatic carbocycles. The van der Waals surface area contributed by atoms with Crippen LogP contribution in [0.25, 0.3) is 12.2 Å². The number of rotatable bonds is 3. The molecule has 4 heteroatoms. The molecule has 0 unspecified atom stereocenters. The minimum Gasteiger partial charge on any atom is -0.508 e. The Kier molecular flexibility index (Phi) is 13.2. The Balaban J connectivity index is 0.000000351. The number of phenols is 1. The number of aliphatic hydroxyl groups is 1. The predicted octanol–water partition coefficient (Wildman–Crippen LogP) is 4.95. The Morgan fingerprint density at radius 3 is 1.54 bits per heavy atom. The largest absolute Gasteiger partial charge is 0.508 e. The number of hydrogen-bond acceptors (Lipinski definition) is 4. The first kappa shape index (κ1) is 22.6. The molecular formula is C22H24O4. The second-order valence-electron chi connectivity index (χ2n) is 4.65. The summed E-state index contributed by atoms with van der Waals surface area (Å²) >= 11 is 0. The third-order valence-corrected chi connectivity index (χ3v) is 2.90. The van der Waals surface area contributed by atoms with E-state index in [1.54, 1.807) is 36.4 Å². The molecule has 0 aliphatic heterocycles. The molecule has 0 saturated carbocycles. The van der Waals surface area contributed by atoms with E-state index in [1.807, 2.05) is 49.3 Å². The van der Waals surface area contributed by atoms with Crippen LogP contribution < -0.4 is 0 Å². The zero-order valence-electron chi connectivity index (χ0n) is 14.6. The predicted molar refractivity (Wildman–Crippen MR) is 106 cm³/mol. The van der Waals surface area contributed by atoms with Crippen molar-refractivity contribution in [3.05, 3.63) is 103 Å². The lowest BCUT2D eigenvalue weighted by molar-refractivity contribution is -0.0979. The van der Waals surface area contributed by atoms with Gasteiger partial charge in [-0.1, -0.05) is 67.8 Å². The minimum atomic E-state index is -0.00694. The molecule has 3 aromatic rings. The van der Waals surface area contributed by atoms with E-state index in [2.05, 4.69) is 13.2 Å². The van der Waals surface area contributed by atoms with Crippen LogP contribution in [-0.4, -0.2) is 17.0 Å². The summed E-state index contributed by atoms with van der Waals surface area (Å²) in [7, 11) is 0. The van der Waals surface area contributed by atoms with Crippen LogP contribution in [-0.2, 0) is 11.4 Å². The number of hydrogen-bond donors (Lipinski definition) is 2. The van der Waals surface area contributed by atoms with Gasteiger partial charge < -0.3 is 19.4 Å². The number of carbonyl (C=O) groups excluding carboxylic acids is 1. The van der Waals surface area contributed by atoms with E-state index in [1.165, 1.54) is 6.26 Å². The Hall–Kier alpha value is -3.37. The van der Waals surface area contributed by atoms with Gasteiger partial charge in [0, 0.05) is 0 Å². The quantitative estimate of drug-likeness (QED) is 0.699. The molecule has 1 heterocycles. The van der Waals surface area contributed by atoms with Gasteiger partial charge in [0.25, 0.3) is 0 Å². The molecule has 0 bridgehead atoms. The number of benzene rings is 2. The maximum atomic E-state index is 8.63. The average molecular weight is 352 g/mol. The summed E-state index contributed by atoms with van der Waals surface area (Å²) in [6.45, 7) is 9.31. The van der Waals surface area contributed by atoms with Crippen molar-refractivity contribution in [2.75, 3.05) is 0 Å². The van der Waals surface area contributed by atoms with E-state index in [0.29, 0.717) is 11.5 Å². The van der Waals surface area contributed by atoms with Crippen molar-refractivity contribution in [1.82, 2.24) is 0 Å². The van der Waals surface area contributed by atoms with Gasteiger partial charge in [-0.05, 0) is 35.4 Å². The monoisotopic (exact) mass is 352 g/mol. The van der Waals surface area contributed by atoms with Crippen LogP contribution in [0.5, 0.6) is 5.75 Å². The Morgan fingerprint density at radius 1 is 0.808 bits per heavy atom. The van der Waals surface area contributed by atoms with Gasteiger partial charge in [-0.15, -0.1) is 0 Å². The maximum Gasteiger partial charge on any atom is 0.129 e. The highest BCUT2D eigenvalue weighted by molar-refractivity contribution is 5.53. The van der Waals surface area contributed by atoms with Gasteiger partial charge in [0.2, 0.25) is 0 Å². The molecule has 26 heavy (non-hydrogen) atoms. The van der Waals surface area contributed by atoms with Crippen molar-refractivity contribution in [3.8, 4) is 5.75 Å². The third-order valence-electron chi connectivity index (χ3n) is 2.90. The van der Waals surface area contributed by atoms with E-state index < -0.39 is 0 Å². The summed E-state index contributed by atoms with van der Waals surface area (Å²) < 4.78 is 4.73. The number of phenolic OH excluding ortho intramolecular Hbond substituents is 1. The first-order valence-electron chi connectivity index (χ1n) is 7.70. The normalized spacial score (nSPS) is 8.35. The molecule has 136 valence electrons. The van der Waals surface area contributed by atoms with Crippen molar-refractivity contribution < 1.29 is 19.4 Å². The Bertz CT molecular complexity index is 675. The number of carbonyl (C=O) groups is 1. The van der Waals surface area contributed by atoms with Gasteiger partial charge in [-0.2, -0.15) is 0 Å². The van der Waals surface area contributed by atoms with Gasteiger partial charge >= 0.3 is 0 Å². The fraction of sp³-hybridized carbons (Fsp3) is 0.0455. The van der Waals surface area contributed by atoms with Crippen LogP contribution in [0.1, 0.15) is 16.9 Å². The maximum absolute atomic E-state index is 8.63. The molecule has 1 aromatic heterocycles. The van der Waals surface area contributed by atoms with E-state index >= 15 is 0 Å². The molecule has 0 saturated heterocycles. The molecule has 4 nitrogen and oxygen atoms in total. The van der Waals surface area contributed by atoms with Crippen molar-refractivity contribution in [3.63, 3.8) is 0 Å². The van der Waals surface area contributed by atoms with E-state index in [-0.39, 0.29) is 6.61 Å². The zero-order valence-corrected chi connectivity index (χ0v) is 14.6. The number of aromatic hydroxyl groups is 1. The van der Waals surface area contributed by atoms with Crippen LogP contribution in [0.4, 0.5) is 0 Å². The highest BCUT2D eigenvalue weighted by atomic mass is 16.4. The average Bonchev–Trinajstić information content (AvgIpc) is 3.25. The van der Waals surface area contributed by atoms with Gasteiger partial charge in [-0.3, -0.25) is 0 Å². The van der Waals surface area contributed by atoms with Crippen LogP contribution >= 0.6 is 0 Å². The third kappa shape index (κ3) is 10.4. The molecule has 0 aliphatic carbocycles. The van der Waals surface area contributed by atoms with E-state index in [9.17, 15) is 0 Å². The van der Waals surface area contributed by atoms with Crippen LogP contribution in [0.3, 0.4) is 0 Å². The van der Waals surface area contributed by atoms with Crippen molar-refractivity contribution in [1.29, 1.82) is 0 Å². The van der Waals surface area contributed by atoms with Crippen molar-refractivity contribution in [2.45, 2.75) is 6.61 Å². The summed E-state index contributed by atoms with van der Waals surface area (Å²) in [6.07, 6.45) is 5.19. The second kappa shape index (κ2) is 15.2. The number of furan rings is 1. The molecule has 3 rings (SSSR count). The SMILES string of the molecule is C=Cc1ccc(C=C)cc1.C=O.OCc1ccco1.Oc1ccccc1. The summed E-state index contributed by atoms with van der Waals surface area (Å²) in [4.78, 5) is 8.00. The molecule has 0 amide bonds. The molecular weight excluding hydrogens is 328 g/mol. The first-order chi connectivity index (χ1) is 12.7. The highest BCUT2D eigenvalue weighted by Gasteiger charge is 1.86. The van der Waals surface area contributed by atoms with Crippen LogP contribution in [0.2, 0.25) is 0 Å². The lowest BCUT2D eigenvalue weighted by Gasteiger charge is -1.92. The minimum absolute atomic E-state index is 0.00694. The van der Waals surface area contributed by atoms with Gasteiger partial charge in [0.1, 0.15) is 24.9 Å². The summed E-state index contributed by atoms with van der Waals surface area (Å²) in [5.41, 5.74) is 2.29. The fourth-order valence-electron chi connectivity index (χ4n) is 1.60. The number of para-hydroxylation sites is 1. The summed E-state index contributed by atoms with van der Waals surface area (Å²) in [5.74, 6) is 0.933. The first-order valence-corrected chi connectivity index (χ1v) is 7.70. The topological polar surface area (TPSA) is 70.7 Å². The molecule has 0 aliphatic rings. The van der Waals surface area contributed by atoms with Gasteiger partial charge in [-0.25, -0.2) is 0 Å². The smallest absolute Gasteiger partial charge is 0.129 e. The number of aliphatic hydroxyl groups excluding tert-OH is 1. The van der Waals surface area contributed by atoms with Crippen molar-refractivity contribution >= 4 is 18.9 Å².